The average molecular weight is 839 g/mol. The summed E-state index contributed by atoms with van der Waals surface area (Å²) in [6.45, 7) is 7.64. The van der Waals surface area contributed by atoms with Crippen molar-refractivity contribution < 1.29 is 28.7 Å². The highest BCUT2D eigenvalue weighted by molar-refractivity contribution is 5.91. The predicted molar refractivity (Wildman–Crippen MR) is 232 cm³/mol. The Hall–Kier alpha value is -6.44. The summed E-state index contributed by atoms with van der Waals surface area (Å²) < 4.78 is 11.2. The van der Waals surface area contributed by atoms with E-state index in [0.29, 0.717) is 32.1 Å². The number of carbonyl (C=O) groups excluding carboxylic acids is 4. The van der Waals surface area contributed by atoms with E-state index in [1.54, 1.807) is 4.90 Å². The minimum atomic E-state index is -0.743. The van der Waals surface area contributed by atoms with Crippen LogP contribution in [0, 0.1) is 11.8 Å². The van der Waals surface area contributed by atoms with Crippen LogP contribution in [0.4, 0.5) is 4.79 Å². The lowest BCUT2D eigenvalue weighted by Crippen LogP contribution is -2.51. The molecule has 0 unspecified atom stereocenters. The molecule has 2 aliphatic heterocycles. The van der Waals surface area contributed by atoms with Gasteiger partial charge >= 0.3 is 6.09 Å². The number of H-pyrrole nitrogens is 2. The summed E-state index contributed by atoms with van der Waals surface area (Å²) >= 11 is 0. The quantitative estimate of drug-likeness (QED) is 0.0966. The molecule has 62 heavy (non-hydrogen) atoms. The molecule has 1 saturated carbocycles. The predicted octanol–water partition coefficient (Wildman–Crippen LogP) is 7.18. The molecule has 4 N–H and O–H groups in total. The molecule has 3 atom stereocenters. The van der Waals surface area contributed by atoms with E-state index in [2.05, 4.69) is 50.9 Å². The second kappa shape index (κ2) is 17.1. The van der Waals surface area contributed by atoms with Crippen LogP contribution in [0.3, 0.4) is 0 Å². The van der Waals surface area contributed by atoms with E-state index in [9.17, 15) is 19.2 Å². The molecule has 4 amide bonds. The van der Waals surface area contributed by atoms with Crippen molar-refractivity contribution in [3.63, 3.8) is 0 Å². The van der Waals surface area contributed by atoms with Crippen LogP contribution >= 0.6 is 0 Å². The summed E-state index contributed by atoms with van der Waals surface area (Å²) in [4.78, 5) is 73.3. The third-order valence-corrected chi connectivity index (χ3v) is 12.6. The summed E-state index contributed by atoms with van der Waals surface area (Å²) in [5.74, 6) is 1.76. The number of fused-ring (bicyclic) bond motifs is 6. The van der Waals surface area contributed by atoms with Crippen LogP contribution in [0.25, 0.3) is 33.6 Å². The Kier molecular flexibility index (Phi) is 11.3. The number of amides is 4. The Morgan fingerprint density at radius 2 is 1.77 bits per heavy atom. The second-order valence-corrected chi connectivity index (χ2v) is 17.3. The van der Waals surface area contributed by atoms with Crippen molar-refractivity contribution in [1.82, 2.24) is 40.4 Å². The van der Waals surface area contributed by atoms with Crippen molar-refractivity contribution in [2.24, 2.45) is 11.8 Å². The number of rotatable bonds is 13. The van der Waals surface area contributed by atoms with E-state index < -0.39 is 18.2 Å². The summed E-state index contributed by atoms with van der Waals surface area (Å²) in [7, 11) is 1.29. The fourth-order valence-corrected chi connectivity index (χ4v) is 9.17. The monoisotopic (exact) mass is 838 g/mol. The van der Waals surface area contributed by atoms with Gasteiger partial charge in [0.1, 0.15) is 36.1 Å². The molecular weight excluding hydrogens is 785 g/mol. The van der Waals surface area contributed by atoms with Crippen molar-refractivity contribution in [3.05, 3.63) is 101 Å². The largest absolute Gasteiger partial charge is 0.488 e. The first-order chi connectivity index (χ1) is 30.1. The van der Waals surface area contributed by atoms with E-state index in [0.717, 1.165) is 107 Å². The van der Waals surface area contributed by atoms with Crippen molar-refractivity contribution in [3.8, 4) is 39.4 Å². The molecule has 4 aliphatic rings. The molecule has 14 heteroatoms. The van der Waals surface area contributed by atoms with Gasteiger partial charge in [0.15, 0.2) is 0 Å². The number of carbonyl (C=O) groups is 4. The maximum Gasteiger partial charge on any atom is 0.407 e. The Morgan fingerprint density at radius 1 is 0.952 bits per heavy atom. The lowest BCUT2D eigenvalue weighted by molar-refractivity contribution is -0.138. The van der Waals surface area contributed by atoms with Crippen LogP contribution in [0.2, 0.25) is 0 Å². The van der Waals surface area contributed by atoms with Gasteiger partial charge in [0, 0.05) is 35.8 Å². The number of alkyl carbamates (subject to hydrolysis) is 1. The first kappa shape index (κ1) is 40.9. The molecule has 0 bridgehead atoms. The number of imidazole rings is 2. The van der Waals surface area contributed by atoms with Gasteiger partial charge in [-0.25, -0.2) is 14.8 Å². The molecule has 3 aromatic carbocycles. The topological polar surface area (TPSA) is 175 Å². The molecule has 322 valence electrons. The molecule has 2 aromatic heterocycles. The molecule has 14 nitrogen and oxygen atoms in total. The zero-order chi connectivity index (χ0) is 43.1. The van der Waals surface area contributed by atoms with Crippen LogP contribution in [0.5, 0.6) is 5.75 Å². The smallest absolute Gasteiger partial charge is 0.407 e. The number of aromatic nitrogens is 4. The Bertz CT molecular complexity index is 2510. The van der Waals surface area contributed by atoms with Gasteiger partial charge < -0.3 is 39.9 Å². The third-order valence-electron chi connectivity index (χ3n) is 12.6. The van der Waals surface area contributed by atoms with Crippen LogP contribution in [-0.2, 0) is 45.1 Å². The van der Waals surface area contributed by atoms with Crippen LogP contribution in [-0.4, -0.2) is 79.8 Å². The van der Waals surface area contributed by atoms with Crippen molar-refractivity contribution >= 4 is 23.8 Å². The number of hydrogen-bond donors (Lipinski definition) is 4. The first-order valence-corrected chi connectivity index (χ1v) is 22.0. The number of nitrogens with one attached hydrogen (secondary N) is 4. The van der Waals surface area contributed by atoms with Gasteiger partial charge in [-0.15, -0.1) is 0 Å². The fraction of sp³-hybridized carbons (Fsp3) is 0.417. The van der Waals surface area contributed by atoms with Gasteiger partial charge in [0.25, 0.3) is 0 Å². The molecule has 4 heterocycles. The lowest BCUT2D eigenvalue weighted by atomic mass is 9.86. The zero-order valence-corrected chi connectivity index (χ0v) is 35.8. The van der Waals surface area contributed by atoms with Gasteiger partial charge in [-0.2, -0.15) is 0 Å². The van der Waals surface area contributed by atoms with E-state index in [1.165, 1.54) is 12.7 Å². The molecule has 5 aromatic rings. The average Bonchev–Trinajstić information content (AvgIpc) is 3.61. The third kappa shape index (κ3) is 8.05. The van der Waals surface area contributed by atoms with Crippen LogP contribution < -0.4 is 15.4 Å². The molecule has 2 aliphatic carbocycles. The Labute approximate surface area is 361 Å². The SMILES string of the molecule is CCCN(Cc1nc2c([nH]1)CCc1cc3c(cc1-2)OCc1cc(-c2cnc([C@@H]4CCCN4C(=O)[C@H](NC(=O)C4CC4)c4ccccc4)[nH]2)ccc1-3)C(=O)[C@@H](NC(=O)OC)C(C)C. The van der Waals surface area contributed by atoms with Gasteiger partial charge in [0.2, 0.25) is 17.7 Å². The van der Waals surface area contributed by atoms with Crippen molar-refractivity contribution in [1.29, 1.82) is 0 Å². The van der Waals surface area contributed by atoms with Gasteiger partial charge in [0.05, 0.1) is 37.3 Å². The normalized spacial score (nSPS) is 17.2. The highest BCUT2D eigenvalue weighted by atomic mass is 16.5. The number of likely N-dealkylation sites (tertiary alicyclic amines) is 1. The maximum absolute atomic E-state index is 14.2. The minimum absolute atomic E-state index is 0.00653. The highest BCUT2D eigenvalue weighted by Crippen LogP contribution is 2.45. The van der Waals surface area contributed by atoms with Crippen LogP contribution in [0.1, 0.15) is 99.0 Å². The van der Waals surface area contributed by atoms with Crippen molar-refractivity contribution in [2.45, 2.75) is 97.0 Å². The van der Waals surface area contributed by atoms with E-state index in [4.69, 9.17) is 19.4 Å². The molecule has 1 saturated heterocycles. The zero-order valence-electron chi connectivity index (χ0n) is 35.8. The van der Waals surface area contributed by atoms with Crippen molar-refractivity contribution in [2.75, 3.05) is 20.2 Å². The van der Waals surface area contributed by atoms with Gasteiger partial charge in [-0.05, 0) is 96.9 Å². The number of aryl methyl sites for hydroxylation is 2. The minimum Gasteiger partial charge on any atom is -0.488 e. The van der Waals surface area contributed by atoms with E-state index >= 15 is 0 Å². The fourth-order valence-electron chi connectivity index (χ4n) is 9.17. The highest BCUT2D eigenvalue weighted by Gasteiger charge is 2.39. The summed E-state index contributed by atoms with van der Waals surface area (Å²) in [5, 5.41) is 5.76. The Balaban J connectivity index is 0.920. The second-order valence-electron chi connectivity index (χ2n) is 17.3. The maximum atomic E-state index is 14.2. The molecular formula is C48H54N8O6. The summed E-state index contributed by atoms with van der Waals surface area (Å²) in [6, 6.07) is 18.6. The number of benzene rings is 3. The van der Waals surface area contributed by atoms with Crippen LogP contribution in [0.15, 0.2) is 66.9 Å². The number of nitrogens with zero attached hydrogens (tertiary/aromatic N) is 4. The first-order valence-electron chi connectivity index (χ1n) is 22.0. The number of ether oxygens (including phenoxy) is 2. The number of aromatic amines is 2. The van der Waals surface area contributed by atoms with E-state index in [1.807, 2.05) is 62.2 Å². The van der Waals surface area contributed by atoms with Gasteiger partial charge in [-0.1, -0.05) is 63.2 Å². The molecule has 9 rings (SSSR count). The van der Waals surface area contributed by atoms with E-state index in [-0.39, 0.29) is 35.6 Å². The number of methoxy groups -OCH3 is 1. The molecule has 0 radical (unpaired) electrons. The standard InChI is InChI=1S/C48H54N8O6/c1-5-19-55(46(58)41(27(2)3)54-48(60)61-4)25-40-50-36-18-16-30-22-35-33-17-15-31(21-32(33)26-62-39(35)23-34(30)43(36)52-40)37-24-49-44(51-37)38-12-9-20-56(38)47(59)42(28-10-7-6-8-11-28)53-45(57)29-13-14-29/h6-8,10-11,15,17,21-24,27,29,38,41-42H,5,9,12-14,16,18-20,25-26H2,1-4H3,(H,49,51)(H,50,52)(H,53,57)(H,54,60)/t38-,41-,42+/m0/s1. The lowest BCUT2D eigenvalue weighted by Gasteiger charge is -2.28. The van der Waals surface area contributed by atoms with Gasteiger partial charge in [-0.3, -0.25) is 14.4 Å². The molecule has 2 fully saturated rings. The molecule has 0 spiro atoms. The number of hydrogen-bond acceptors (Lipinski definition) is 8. The Morgan fingerprint density at radius 3 is 2.53 bits per heavy atom. The summed E-state index contributed by atoms with van der Waals surface area (Å²) in [5.41, 5.74) is 9.98. The summed E-state index contributed by atoms with van der Waals surface area (Å²) in [6.07, 6.45) is 6.94.